The molecule has 0 saturated heterocycles. The van der Waals surface area contributed by atoms with Crippen molar-refractivity contribution in [2.75, 3.05) is 32.7 Å². The third kappa shape index (κ3) is 6.44. The average molecular weight is 294 g/mol. The van der Waals surface area contributed by atoms with E-state index < -0.39 is 12.7 Å². The molecule has 1 aliphatic carbocycles. The number of alkyl halides is 3. The van der Waals surface area contributed by atoms with Crippen molar-refractivity contribution in [1.82, 2.24) is 10.2 Å². The molecule has 0 aromatic heterocycles. The summed E-state index contributed by atoms with van der Waals surface area (Å²) in [7, 11) is 0. The van der Waals surface area contributed by atoms with Crippen LogP contribution in [-0.2, 0) is 0 Å². The van der Waals surface area contributed by atoms with Crippen LogP contribution in [0, 0.1) is 5.41 Å². The molecule has 20 heavy (non-hydrogen) atoms. The first-order valence-corrected chi connectivity index (χ1v) is 7.90. The van der Waals surface area contributed by atoms with Crippen molar-refractivity contribution in [3.8, 4) is 0 Å². The molecule has 1 N–H and O–H groups in total. The van der Waals surface area contributed by atoms with Gasteiger partial charge in [0.2, 0.25) is 0 Å². The van der Waals surface area contributed by atoms with Crippen molar-refractivity contribution in [1.29, 1.82) is 0 Å². The zero-order valence-corrected chi connectivity index (χ0v) is 12.9. The molecule has 0 spiro atoms. The summed E-state index contributed by atoms with van der Waals surface area (Å²) in [5, 5.41) is 3.37. The van der Waals surface area contributed by atoms with Crippen LogP contribution in [0.1, 0.15) is 52.4 Å². The molecule has 1 saturated carbocycles. The van der Waals surface area contributed by atoms with Gasteiger partial charge in [0.1, 0.15) is 0 Å². The van der Waals surface area contributed by atoms with Gasteiger partial charge in [-0.05, 0) is 31.3 Å². The third-order valence-electron chi connectivity index (χ3n) is 4.32. The van der Waals surface area contributed by atoms with E-state index in [2.05, 4.69) is 12.2 Å². The molecule has 0 aromatic carbocycles. The summed E-state index contributed by atoms with van der Waals surface area (Å²) in [6.45, 7) is 5.85. The SMILES string of the molecule is CCNCC1(CN(CC)CC(F)(F)F)CCCCCC1. The second-order valence-corrected chi connectivity index (χ2v) is 6.11. The highest BCUT2D eigenvalue weighted by molar-refractivity contribution is 4.87. The molecule has 5 heteroatoms. The molecule has 0 atom stereocenters. The van der Waals surface area contributed by atoms with Gasteiger partial charge in [0.05, 0.1) is 6.54 Å². The monoisotopic (exact) mass is 294 g/mol. The van der Waals surface area contributed by atoms with Crippen molar-refractivity contribution >= 4 is 0 Å². The van der Waals surface area contributed by atoms with Crippen molar-refractivity contribution < 1.29 is 13.2 Å². The summed E-state index contributed by atoms with van der Waals surface area (Å²) >= 11 is 0. The second-order valence-electron chi connectivity index (χ2n) is 6.11. The molecule has 0 radical (unpaired) electrons. The molecule has 0 amide bonds. The van der Waals surface area contributed by atoms with E-state index in [9.17, 15) is 13.2 Å². The molecule has 0 bridgehead atoms. The van der Waals surface area contributed by atoms with Crippen LogP contribution in [0.3, 0.4) is 0 Å². The molecular formula is C15H29F3N2. The molecule has 1 fully saturated rings. The Morgan fingerprint density at radius 3 is 2.10 bits per heavy atom. The zero-order chi connectivity index (χ0) is 15.1. The number of nitrogens with one attached hydrogen (secondary N) is 1. The second kappa shape index (κ2) is 8.23. The van der Waals surface area contributed by atoms with E-state index in [1.54, 1.807) is 4.90 Å². The maximum absolute atomic E-state index is 12.6. The van der Waals surface area contributed by atoms with Gasteiger partial charge in [-0.25, -0.2) is 0 Å². The van der Waals surface area contributed by atoms with Gasteiger partial charge in [-0.2, -0.15) is 13.2 Å². The summed E-state index contributed by atoms with van der Waals surface area (Å²) in [6.07, 6.45) is 2.74. The van der Waals surface area contributed by atoms with Gasteiger partial charge in [-0.1, -0.05) is 39.5 Å². The fraction of sp³-hybridized carbons (Fsp3) is 1.00. The van der Waals surface area contributed by atoms with Crippen LogP contribution in [0.4, 0.5) is 13.2 Å². The van der Waals surface area contributed by atoms with E-state index in [0.717, 1.165) is 38.8 Å². The smallest absolute Gasteiger partial charge is 0.316 e. The number of nitrogens with zero attached hydrogens (tertiary/aromatic N) is 1. The fourth-order valence-corrected chi connectivity index (χ4v) is 3.27. The Bertz CT molecular complexity index is 258. The summed E-state index contributed by atoms with van der Waals surface area (Å²) in [6, 6.07) is 0. The van der Waals surface area contributed by atoms with Gasteiger partial charge in [0.25, 0.3) is 0 Å². The standard InChI is InChI=1S/C15H29F3N2/c1-3-19-11-14(9-7-5-6-8-10-14)12-20(4-2)13-15(16,17)18/h19H,3-13H2,1-2H3. The van der Waals surface area contributed by atoms with Gasteiger partial charge in [-0.15, -0.1) is 0 Å². The van der Waals surface area contributed by atoms with E-state index in [-0.39, 0.29) is 5.41 Å². The summed E-state index contributed by atoms with van der Waals surface area (Å²) < 4.78 is 37.9. The van der Waals surface area contributed by atoms with Gasteiger partial charge in [0, 0.05) is 13.1 Å². The zero-order valence-electron chi connectivity index (χ0n) is 12.9. The Morgan fingerprint density at radius 2 is 1.65 bits per heavy atom. The largest absolute Gasteiger partial charge is 0.401 e. The highest BCUT2D eigenvalue weighted by Crippen LogP contribution is 2.36. The molecule has 0 unspecified atom stereocenters. The molecule has 0 heterocycles. The van der Waals surface area contributed by atoms with Gasteiger partial charge >= 0.3 is 6.18 Å². The Morgan fingerprint density at radius 1 is 1.05 bits per heavy atom. The maximum atomic E-state index is 12.6. The van der Waals surface area contributed by atoms with Gasteiger partial charge in [0.15, 0.2) is 0 Å². The molecule has 0 aromatic rings. The highest BCUT2D eigenvalue weighted by atomic mass is 19.4. The van der Waals surface area contributed by atoms with Crippen LogP contribution < -0.4 is 5.32 Å². The summed E-state index contributed by atoms with van der Waals surface area (Å²) in [5.74, 6) is 0. The number of rotatable bonds is 7. The fourth-order valence-electron chi connectivity index (χ4n) is 3.27. The number of hydrogen-bond donors (Lipinski definition) is 1. The van der Waals surface area contributed by atoms with Crippen molar-refractivity contribution in [3.63, 3.8) is 0 Å². The van der Waals surface area contributed by atoms with Crippen molar-refractivity contribution in [2.24, 2.45) is 5.41 Å². The molecule has 1 aliphatic rings. The van der Waals surface area contributed by atoms with E-state index in [1.807, 2.05) is 6.92 Å². The van der Waals surface area contributed by atoms with Crippen LogP contribution >= 0.6 is 0 Å². The van der Waals surface area contributed by atoms with Gasteiger partial charge < -0.3 is 5.32 Å². The topological polar surface area (TPSA) is 15.3 Å². The minimum atomic E-state index is -4.10. The van der Waals surface area contributed by atoms with E-state index >= 15 is 0 Å². The van der Waals surface area contributed by atoms with E-state index in [1.165, 1.54) is 12.8 Å². The number of halogens is 3. The quantitative estimate of drug-likeness (QED) is 0.718. The third-order valence-corrected chi connectivity index (χ3v) is 4.32. The normalized spacial score (nSPS) is 20.1. The minimum absolute atomic E-state index is 0.0216. The van der Waals surface area contributed by atoms with Crippen molar-refractivity contribution in [2.45, 2.75) is 58.5 Å². The molecular weight excluding hydrogens is 265 g/mol. The first-order valence-electron chi connectivity index (χ1n) is 7.90. The molecule has 2 nitrogen and oxygen atoms in total. The molecule has 0 aliphatic heterocycles. The van der Waals surface area contributed by atoms with Crippen LogP contribution in [0.5, 0.6) is 0 Å². The Hall–Kier alpha value is -0.290. The predicted octanol–water partition coefficient (Wildman–Crippen LogP) is 3.82. The lowest BCUT2D eigenvalue weighted by Gasteiger charge is -2.38. The lowest BCUT2D eigenvalue weighted by atomic mass is 9.79. The first-order chi connectivity index (χ1) is 9.41. The summed E-state index contributed by atoms with van der Waals surface area (Å²) in [4.78, 5) is 1.57. The van der Waals surface area contributed by atoms with E-state index in [0.29, 0.717) is 13.1 Å². The molecule has 120 valence electrons. The predicted molar refractivity (Wildman–Crippen MR) is 76.8 cm³/mol. The van der Waals surface area contributed by atoms with Crippen molar-refractivity contribution in [3.05, 3.63) is 0 Å². The molecule has 1 rings (SSSR count). The summed E-state index contributed by atoms with van der Waals surface area (Å²) in [5.41, 5.74) is 0.0216. The van der Waals surface area contributed by atoms with Gasteiger partial charge in [-0.3, -0.25) is 4.90 Å². The highest BCUT2D eigenvalue weighted by Gasteiger charge is 2.36. The first kappa shape index (κ1) is 17.8. The van der Waals surface area contributed by atoms with Crippen LogP contribution in [0.15, 0.2) is 0 Å². The lowest BCUT2D eigenvalue weighted by Crippen LogP contribution is -2.46. The van der Waals surface area contributed by atoms with Crippen LogP contribution in [0.2, 0.25) is 0 Å². The minimum Gasteiger partial charge on any atom is -0.316 e. The Labute approximate surface area is 121 Å². The Balaban J connectivity index is 2.70. The Kier molecular flexibility index (Phi) is 7.30. The van der Waals surface area contributed by atoms with E-state index in [4.69, 9.17) is 0 Å². The number of hydrogen-bond acceptors (Lipinski definition) is 2. The van der Waals surface area contributed by atoms with Crippen LogP contribution in [0.25, 0.3) is 0 Å². The maximum Gasteiger partial charge on any atom is 0.401 e. The average Bonchev–Trinajstić information content (AvgIpc) is 2.60. The lowest BCUT2D eigenvalue weighted by molar-refractivity contribution is -0.149. The van der Waals surface area contributed by atoms with Crippen LogP contribution in [-0.4, -0.2) is 43.8 Å².